The van der Waals surface area contributed by atoms with Gasteiger partial charge in [0.05, 0.1) is 0 Å². The van der Waals surface area contributed by atoms with Gasteiger partial charge in [0.2, 0.25) is 0 Å². The Morgan fingerprint density at radius 2 is 2.30 bits per heavy atom. The van der Waals surface area contributed by atoms with Crippen molar-refractivity contribution in [3.63, 3.8) is 0 Å². The van der Waals surface area contributed by atoms with Crippen LogP contribution >= 0.6 is 15.9 Å². The van der Waals surface area contributed by atoms with Crippen LogP contribution in [0.4, 0.5) is 0 Å². The number of hydrogen-bond donors (Lipinski definition) is 1. The number of benzene rings is 1. The fourth-order valence-electron chi connectivity index (χ4n) is 2.76. The molecule has 110 valence electrons. The van der Waals surface area contributed by atoms with Gasteiger partial charge >= 0.3 is 0 Å². The summed E-state index contributed by atoms with van der Waals surface area (Å²) in [6.45, 7) is 7.81. The maximum Gasteiger partial charge on any atom is 0.254 e. The Hall–Kier alpha value is -0.870. The van der Waals surface area contributed by atoms with E-state index in [1.54, 1.807) is 0 Å². The second kappa shape index (κ2) is 7.23. The van der Waals surface area contributed by atoms with Crippen molar-refractivity contribution in [2.75, 3.05) is 26.2 Å². The molecule has 1 fully saturated rings. The van der Waals surface area contributed by atoms with Crippen LogP contribution < -0.4 is 5.32 Å². The summed E-state index contributed by atoms with van der Waals surface area (Å²) in [4.78, 5) is 14.7. The zero-order chi connectivity index (χ0) is 14.5. The fraction of sp³-hybridized carbons (Fsp3) is 0.562. The number of rotatable bonds is 4. The molecule has 0 bridgehead atoms. The molecule has 1 heterocycles. The molecule has 3 nitrogen and oxygen atoms in total. The molecule has 0 radical (unpaired) electrons. The Bertz CT molecular complexity index is 470. The van der Waals surface area contributed by atoms with Crippen LogP contribution in [0.15, 0.2) is 22.7 Å². The summed E-state index contributed by atoms with van der Waals surface area (Å²) >= 11 is 3.50. The highest BCUT2D eigenvalue weighted by molar-refractivity contribution is 9.10. The Morgan fingerprint density at radius 3 is 2.95 bits per heavy atom. The molecule has 1 unspecified atom stereocenters. The molecule has 4 heteroatoms. The lowest BCUT2D eigenvalue weighted by Crippen LogP contribution is -2.41. The number of piperidine rings is 1. The standard InChI is InChI=1S/C16H23BrN2O/c1-3-19(11-13-6-5-9-18-10-13)16(20)14-7-4-8-15(17)12(14)2/h4,7-8,13,18H,3,5-6,9-11H2,1-2H3. The second-order valence-corrected chi connectivity index (χ2v) is 6.32. The summed E-state index contributed by atoms with van der Waals surface area (Å²) in [5.74, 6) is 0.733. The lowest BCUT2D eigenvalue weighted by Gasteiger charge is -2.30. The lowest BCUT2D eigenvalue weighted by atomic mass is 9.98. The number of carbonyl (C=O) groups excluding carboxylic acids is 1. The van der Waals surface area contributed by atoms with Crippen LogP contribution in [0, 0.1) is 12.8 Å². The first-order chi connectivity index (χ1) is 9.63. The van der Waals surface area contributed by atoms with E-state index in [9.17, 15) is 4.79 Å². The second-order valence-electron chi connectivity index (χ2n) is 5.47. The van der Waals surface area contributed by atoms with Crippen LogP contribution in [0.25, 0.3) is 0 Å². The van der Waals surface area contributed by atoms with Crippen molar-refractivity contribution in [2.24, 2.45) is 5.92 Å². The Labute approximate surface area is 129 Å². The number of amides is 1. The van der Waals surface area contributed by atoms with Crippen molar-refractivity contribution in [1.82, 2.24) is 10.2 Å². The molecule has 1 saturated heterocycles. The molecule has 2 rings (SSSR count). The van der Waals surface area contributed by atoms with Gasteiger partial charge in [0.25, 0.3) is 5.91 Å². The normalized spacial score (nSPS) is 18.9. The molecule has 1 atom stereocenters. The summed E-state index contributed by atoms with van der Waals surface area (Å²) < 4.78 is 0.999. The van der Waals surface area contributed by atoms with Crippen LogP contribution in [0.5, 0.6) is 0 Å². The van der Waals surface area contributed by atoms with Crippen molar-refractivity contribution < 1.29 is 4.79 Å². The zero-order valence-corrected chi connectivity index (χ0v) is 13.9. The molecule has 0 spiro atoms. The quantitative estimate of drug-likeness (QED) is 0.914. The van der Waals surface area contributed by atoms with E-state index in [-0.39, 0.29) is 5.91 Å². The maximum atomic E-state index is 12.7. The predicted molar refractivity (Wildman–Crippen MR) is 86.1 cm³/mol. The van der Waals surface area contributed by atoms with E-state index in [1.807, 2.05) is 30.0 Å². The van der Waals surface area contributed by atoms with Crippen LogP contribution in [0.1, 0.15) is 35.7 Å². The van der Waals surface area contributed by atoms with E-state index in [0.29, 0.717) is 5.92 Å². The topological polar surface area (TPSA) is 32.3 Å². The van der Waals surface area contributed by atoms with Gasteiger partial charge in [-0.25, -0.2) is 0 Å². The molecule has 0 aromatic heterocycles. The Balaban J connectivity index is 2.10. The molecule has 1 aliphatic heterocycles. The van der Waals surface area contributed by atoms with E-state index in [0.717, 1.165) is 41.8 Å². The number of carbonyl (C=O) groups is 1. The van der Waals surface area contributed by atoms with E-state index < -0.39 is 0 Å². The maximum absolute atomic E-state index is 12.7. The van der Waals surface area contributed by atoms with Gasteiger partial charge in [0.1, 0.15) is 0 Å². The largest absolute Gasteiger partial charge is 0.339 e. The van der Waals surface area contributed by atoms with E-state index in [2.05, 4.69) is 28.2 Å². The SMILES string of the molecule is CCN(CC1CCCNC1)C(=O)c1cccc(Br)c1C. The van der Waals surface area contributed by atoms with Crippen LogP contribution in [-0.4, -0.2) is 37.0 Å². The molecular weight excluding hydrogens is 316 g/mol. The highest BCUT2D eigenvalue weighted by Gasteiger charge is 2.22. The molecule has 1 aliphatic rings. The van der Waals surface area contributed by atoms with Gasteiger partial charge in [0.15, 0.2) is 0 Å². The minimum absolute atomic E-state index is 0.150. The first kappa shape index (κ1) is 15.5. The van der Waals surface area contributed by atoms with Gasteiger partial charge < -0.3 is 10.2 Å². The molecule has 1 amide bonds. The third-order valence-electron chi connectivity index (χ3n) is 4.04. The zero-order valence-electron chi connectivity index (χ0n) is 12.3. The first-order valence-corrected chi connectivity index (χ1v) is 8.18. The number of nitrogens with zero attached hydrogens (tertiary/aromatic N) is 1. The lowest BCUT2D eigenvalue weighted by molar-refractivity contribution is 0.0728. The highest BCUT2D eigenvalue weighted by atomic mass is 79.9. The van der Waals surface area contributed by atoms with Gasteiger partial charge in [-0.15, -0.1) is 0 Å². The molecular formula is C16H23BrN2O. The highest BCUT2D eigenvalue weighted by Crippen LogP contribution is 2.21. The summed E-state index contributed by atoms with van der Waals surface area (Å²) in [7, 11) is 0. The van der Waals surface area contributed by atoms with Crippen molar-refractivity contribution in [3.05, 3.63) is 33.8 Å². The fourth-order valence-corrected chi connectivity index (χ4v) is 3.12. The smallest absolute Gasteiger partial charge is 0.254 e. The Kier molecular flexibility index (Phi) is 5.61. The summed E-state index contributed by atoms with van der Waals surface area (Å²) in [5.41, 5.74) is 1.84. The molecule has 1 aromatic rings. The van der Waals surface area contributed by atoms with E-state index >= 15 is 0 Å². The van der Waals surface area contributed by atoms with Crippen molar-refractivity contribution in [1.29, 1.82) is 0 Å². The molecule has 0 aliphatic carbocycles. The number of hydrogen-bond acceptors (Lipinski definition) is 2. The first-order valence-electron chi connectivity index (χ1n) is 7.38. The number of nitrogens with one attached hydrogen (secondary N) is 1. The monoisotopic (exact) mass is 338 g/mol. The van der Waals surface area contributed by atoms with Gasteiger partial charge in [-0.1, -0.05) is 22.0 Å². The van der Waals surface area contributed by atoms with Crippen LogP contribution in [0.3, 0.4) is 0 Å². The van der Waals surface area contributed by atoms with Crippen LogP contribution in [-0.2, 0) is 0 Å². The van der Waals surface area contributed by atoms with Crippen molar-refractivity contribution in [3.8, 4) is 0 Å². The molecule has 20 heavy (non-hydrogen) atoms. The van der Waals surface area contributed by atoms with Gasteiger partial charge in [-0.05, 0) is 63.4 Å². The van der Waals surface area contributed by atoms with Crippen molar-refractivity contribution in [2.45, 2.75) is 26.7 Å². The molecule has 1 N–H and O–H groups in total. The van der Waals surface area contributed by atoms with Gasteiger partial charge in [-0.3, -0.25) is 4.79 Å². The summed E-state index contributed by atoms with van der Waals surface area (Å²) in [6, 6.07) is 5.83. The van der Waals surface area contributed by atoms with Gasteiger partial charge in [0, 0.05) is 23.1 Å². The van der Waals surface area contributed by atoms with E-state index in [4.69, 9.17) is 0 Å². The average molecular weight is 339 g/mol. The third kappa shape index (κ3) is 3.61. The predicted octanol–water partition coefficient (Wildman–Crippen LogP) is 3.22. The van der Waals surface area contributed by atoms with E-state index in [1.165, 1.54) is 12.8 Å². The molecule has 1 aromatic carbocycles. The summed E-state index contributed by atoms with van der Waals surface area (Å²) in [6.07, 6.45) is 2.43. The minimum atomic E-state index is 0.150. The average Bonchev–Trinajstić information content (AvgIpc) is 2.48. The Morgan fingerprint density at radius 1 is 1.50 bits per heavy atom. The summed E-state index contributed by atoms with van der Waals surface area (Å²) in [5, 5.41) is 3.42. The van der Waals surface area contributed by atoms with Crippen LogP contribution in [0.2, 0.25) is 0 Å². The minimum Gasteiger partial charge on any atom is -0.339 e. The number of halogens is 1. The molecule has 0 saturated carbocycles. The van der Waals surface area contributed by atoms with Crippen molar-refractivity contribution >= 4 is 21.8 Å². The third-order valence-corrected chi connectivity index (χ3v) is 4.90. The van der Waals surface area contributed by atoms with Gasteiger partial charge in [-0.2, -0.15) is 0 Å².